The minimum atomic E-state index is 0.0131. The summed E-state index contributed by atoms with van der Waals surface area (Å²) < 4.78 is 5.19. The summed E-state index contributed by atoms with van der Waals surface area (Å²) in [5.41, 5.74) is 1.91. The Labute approximate surface area is 107 Å². The highest BCUT2D eigenvalue weighted by molar-refractivity contribution is 7.99. The fourth-order valence-electron chi connectivity index (χ4n) is 2.07. The first-order chi connectivity index (χ1) is 8.33. The molecule has 0 aromatic heterocycles. The summed E-state index contributed by atoms with van der Waals surface area (Å²) in [5.74, 6) is 3.22. The average molecular weight is 253 g/mol. The van der Waals surface area contributed by atoms with Crippen molar-refractivity contribution >= 4 is 17.4 Å². The second kappa shape index (κ2) is 6.17. The molecule has 0 radical (unpaired) electrons. The van der Waals surface area contributed by atoms with Crippen LogP contribution in [0.4, 0.5) is 5.69 Å². The smallest absolute Gasteiger partial charge is 0.124 e. The molecule has 2 N–H and O–H groups in total. The zero-order chi connectivity index (χ0) is 12.1. The number of ether oxygens (including phenoxy) is 1. The highest BCUT2D eigenvalue weighted by atomic mass is 32.2. The maximum atomic E-state index is 9.27. The third kappa shape index (κ3) is 3.30. The molecule has 1 aromatic rings. The van der Waals surface area contributed by atoms with E-state index in [1.165, 1.54) is 24.3 Å². The molecule has 1 saturated heterocycles. The van der Waals surface area contributed by atoms with Gasteiger partial charge in [-0.1, -0.05) is 0 Å². The standard InChI is InChI=1S/C13H19NO2S/c1-16-13-3-2-12(8-10(13)9-15)14-11-4-6-17-7-5-11/h2-3,8,11,14-15H,4-7,9H2,1H3. The Balaban J connectivity index is 2.05. The zero-order valence-electron chi connectivity index (χ0n) is 10.1. The number of benzene rings is 1. The second-order valence-electron chi connectivity index (χ2n) is 4.22. The van der Waals surface area contributed by atoms with Crippen LogP contribution in [0.1, 0.15) is 18.4 Å². The van der Waals surface area contributed by atoms with E-state index in [1.54, 1.807) is 7.11 Å². The number of aliphatic hydroxyl groups excluding tert-OH is 1. The van der Waals surface area contributed by atoms with Crippen LogP contribution in [0.25, 0.3) is 0 Å². The maximum Gasteiger partial charge on any atom is 0.124 e. The molecule has 0 spiro atoms. The minimum absolute atomic E-state index is 0.0131. The van der Waals surface area contributed by atoms with Gasteiger partial charge in [0, 0.05) is 17.3 Å². The highest BCUT2D eigenvalue weighted by Crippen LogP contribution is 2.25. The van der Waals surface area contributed by atoms with Crippen LogP contribution in [0.3, 0.4) is 0 Å². The first-order valence-corrected chi connectivity index (χ1v) is 7.11. The van der Waals surface area contributed by atoms with E-state index in [0.29, 0.717) is 6.04 Å². The lowest BCUT2D eigenvalue weighted by molar-refractivity contribution is 0.274. The normalized spacial score (nSPS) is 16.8. The van der Waals surface area contributed by atoms with Crippen LogP contribution < -0.4 is 10.1 Å². The molecule has 0 aliphatic carbocycles. The number of methoxy groups -OCH3 is 1. The quantitative estimate of drug-likeness (QED) is 0.865. The van der Waals surface area contributed by atoms with E-state index < -0.39 is 0 Å². The van der Waals surface area contributed by atoms with Crippen molar-refractivity contribution in [3.05, 3.63) is 23.8 Å². The lowest BCUT2D eigenvalue weighted by Crippen LogP contribution is -2.24. The Morgan fingerprint density at radius 3 is 2.82 bits per heavy atom. The average Bonchev–Trinajstić information content (AvgIpc) is 2.40. The van der Waals surface area contributed by atoms with Crippen LogP contribution in [-0.2, 0) is 6.61 Å². The molecule has 0 unspecified atom stereocenters. The third-order valence-electron chi connectivity index (χ3n) is 3.04. The van der Waals surface area contributed by atoms with Gasteiger partial charge in [0.1, 0.15) is 5.75 Å². The van der Waals surface area contributed by atoms with Crippen LogP contribution in [0.2, 0.25) is 0 Å². The molecule has 2 rings (SSSR count). The molecule has 0 bridgehead atoms. The molecular formula is C13H19NO2S. The maximum absolute atomic E-state index is 9.27. The van der Waals surface area contributed by atoms with Crippen LogP contribution in [0.5, 0.6) is 5.75 Å². The molecular weight excluding hydrogens is 234 g/mol. The molecule has 0 saturated carbocycles. The van der Waals surface area contributed by atoms with Crippen molar-refractivity contribution in [2.75, 3.05) is 23.9 Å². The van der Waals surface area contributed by atoms with Gasteiger partial charge in [0.15, 0.2) is 0 Å². The summed E-state index contributed by atoms with van der Waals surface area (Å²) >= 11 is 2.02. The van der Waals surface area contributed by atoms with Gasteiger partial charge in [0.05, 0.1) is 13.7 Å². The summed E-state index contributed by atoms with van der Waals surface area (Å²) in [6, 6.07) is 6.46. The minimum Gasteiger partial charge on any atom is -0.496 e. The van der Waals surface area contributed by atoms with E-state index in [1.807, 2.05) is 30.0 Å². The van der Waals surface area contributed by atoms with Gasteiger partial charge in [-0.25, -0.2) is 0 Å². The van der Waals surface area contributed by atoms with E-state index in [9.17, 15) is 5.11 Å². The van der Waals surface area contributed by atoms with Crippen LogP contribution in [0.15, 0.2) is 18.2 Å². The molecule has 94 valence electrons. The molecule has 1 aliphatic rings. The first kappa shape index (κ1) is 12.6. The van der Waals surface area contributed by atoms with Crippen molar-refractivity contribution in [3.8, 4) is 5.75 Å². The van der Waals surface area contributed by atoms with Crippen LogP contribution in [-0.4, -0.2) is 29.8 Å². The number of hydrogen-bond donors (Lipinski definition) is 2. The Morgan fingerprint density at radius 2 is 2.18 bits per heavy atom. The van der Waals surface area contributed by atoms with E-state index >= 15 is 0 Å². The van der Waals surface area contributed by atoms with Gasteiger partial charge in [-0.15, -0.1) is 0 Å². The Kier molecular flexibility index (Phi) is 4.57. The summed E-state index contributed by atoms with van der Waals surface area (Å²) in [5, 5.41) is 12.8. The summed E-state index contributed by atoms with van der Waals surface area (Å²) in [6.45, 7) is 0.0131. The molecule has 3 nitrogen and oxygen atoms in total. The molecule has 1 aromatic carbocycles. The largest absolute Gasteiger partial charge is 0.496 e. The van der Waals surface area contributed by atoms with E-state index in [2.05, 4.69) is 5.32 Å². The summed E-state index contributed by atoms with van der Waals surface area (Å²) in [4.78, 5) is 0. The Bertz CT molecular complexity index is 364. The third-order valence-corrected chi connectivity index (χ3v) is 4.09. The lowest BCUT2D eigenvalue weighted by Gasteiger charge is -2.24. The van der Waals surface area contributed by atoms with Crippen molar-refractivity contribution in [1.29, 1.82) is 0 Å². The number of hydrogen-bond acceptors (Lipinski definition) is 4. The van der Waals surface area contributed by atoms with Crippen molar-refractivity contribution in [1.82, 2.24) is 0 Å². The Morgan fingerprint density at radius 1 is 1.41 bits per heavy atom. The van der Waals surface area contributed by atoms with Gasteiger partial charge in [0.2, 0.25) is 0 Å². The fourth-order valence-corrected chi connectivity index (χ4v) is 3.18. The van der Waals surface area contributed by atoms with Crippen molar-refractivity contribution in [2.24, 2.45) is 0 Å². The topological polar surface area (TPSA) is 41.5 Å². The van der Waals surface area contributed by atoms with Crippen LogP contribution >= 0.6 is 11.8 Å². The lowest BCUT2D eigenvalue weighted by atomic mass is 10.1. The molecule has 0 amide bonds. The van der Waals surface area contributed by atoms with E-state index in [0.717, 1.165) is 17.0 Å². The fraction of sp³-hybridized carbons (Fsp3) is 0.538. The number of anilines is 1. The predicted octanol–water partition coefficient (Wildman–Crippen LogP) is 2.50. The molecule has 17 heavy (non-hydrogen) atoms. The predicted molar refractivity (Wildman–Crippen MR) is 72.9 cm³/mol. The SMILES string of the molecule is COc1ccc(NC2CCSCC2)cc1CO. The van der Waals surface area contributed by atoms with E-state index in [4.69, 9.17) is 4.74 Å². The highest BCUT2D eigenvalue weighted by Gasteiger charge is 2.13. The molecule has 1 fully saturated rings. The van der Waals surface area contributed by atoms with Gasteiger partial charge in [0.25, 0.3) is 0 Å². The van der Waals surface area contributed by atoms with Gasteiger partial charge >= 0.3 is 0 Å². The zero-order valence-corrected chi connectivity index (χ0v) is 10.9. The monoisotopic (exact) mass is 253 g/mol. The Hall–Kier alpha value is -0.870. The second-order valence-corrected chi connectivity index (χ2v) is 5.44. The number of nitrogens with one attached hydrogen (secondary N) is 1. The molecule has 4 heteroatoms. The van der Waals surface area contributed by atoms with Gasteiger partial charge in [-0.05, 0) is 42.5 Å². The van der Waals surface area contributed by atoms with Crippen molar-refractivity contribution in [2.45, 2.75) is 25.5 Å². The van der Waals surface area contributed by atoms with Crippen molar-refractivity contribution in [3.63, 3.8) is 0 Å². The van der Waals surface area contributed by atoms with Crippen molar-refractivity contribution < 1.29 is 9.84 Å². The molecule has 1 aliphatic heterocycles. The first-order valence-electron chi connectivity index (χ1n) is 5.95. The van der Waals surface area contributed by atoms with Gasteiger partial charge < -0.3 is 15.2 Å². The van der Waals surface area contributed by atoms with E-state index in [-0.39, 0.29) is 6.61 Å². The van der Waals surface area contributed by atoms with Crippen LogP contribution in [0, 0.1) is 0 Å². The number of rotatable bonds is 4. The molecule has 1 heterocycles. The number of aliphatic hydroxyl groups is 1. The summed E-state index contributed by atoms with van der Waals surface area (Å²) in [7, 11) is 1.62. The number of thioether (sulfide) groups is 1. The van der Waals surface area contributed by atoms with Gasteiger partial charge in [-0.2, -0.15) is 11.8 Å². The van der Waals surface area contributed by atoms with Gasteiger partial charge in [-0.3, -0.25) is 0 Å². The summed E-state index contributed by atoms with van der Waals surface area (Å²) in [6.07, 6.45) is 2.43. The molecule has 0 atom stereocenters.